The van der Waals surface area contributed by atoms with Gasteiger partial charge in [-0.25, -0.2) is 4.79 Å². The molecule has 0 aromatic rings. The minimum atomic E-state index is -0.731. The molecule has 7 heteroatoms. The maximum absolute atomic E-state index is 12.5. The molecule has 2 unspecified atom stereocenters. The third-order valence-corrected chi connectivity index (χ3v) is 5.84. The average Bonchev–Trinajstić information content (AvgIpc) is 3.16. The van der Waals surface area contributed by atoms with Crippen molar-refractivity contribution in [3.05, 3.63) is 0 Å². The number of amides is 4. The molecule has 0 aromatic heterocycles. The van der Waals surface area contributed by atoms with E-state index in [2.05, 4.69) is 16.0 Å². The monoisotopic (exact) mass is 320 g/mol. The molecule has 1 aliphatic carbocycles. The van der Waals surface area contributed by atoms with Crippen LogP contribution in [0.2, 0.25) is 0 Å². The number of nitrogens with zero attached hydrogens (tertiary/aromatic N) is 1. The van der Waals surface area contributed by atoms with Crippen LogP contribution in [0.3, 0.4) is 0 Å². The minimum Gasteiger partial charge on any atom is -0.352 e. The summed E-state index contributed by atoms with van der Waals surface area (Å²) in [6, 6.07) is 0.731. The Balaban J connectivity index is 1.35. The second kappa shape index (κ2) is 5.47. The number of imide groups is 1. The van der Waals surface area contributed by atoms with E-state index in [1.807, 2.05) is 0 Å². The predicted molar refractivity (Wildman–Crippen MR) is 82.6 cm³/mol. The largest absolute Gasteiger partial charge is 0.352 e. The van der Waals surface area contributed by atoms with Crippen LogP contribution in [0.25, 0.3) is 0 Å². The highest BCUT2D eigenvalue weighted by atomic mass is 16.2. The van der Waals surface area contributed by atoms with Crippen LogP contribution in [-0.2, 0) is 9.59 Å². The smallest absolute Gasteiger partial charge is 0.325 e. The quantitative estimate of drug-likeness (QED) is 0.650. The summed E-state index contributed by atoms with van der Waals surface area (Å²) >= 11 is 0. The van der Waals surface area contributed by atoms with Gasteiger partial charge in [0.25, 0.3) is 5.91 Å². The number of rotatable bonds is 3. The molecule has 1 saturated carbocycles. The zero-order chi connectivity index (χ0) is 16.0. The van der Waals surface area contributed by atoms with E-state index in [1.54, 1.807) is 0 Å². The van der Waals surface area contributed by atoms with E-state index in [1.165, 1.54) is 12.8 Å². The number of carbonyl (C=O) groups is 3. The Kier molecular flexibility index (Phi) is 3.55. The van der Waals surface area contributed by atoms with Crippen LogP contribution in [-0.4, -0.2) is 53.0 Å². The van der Waals surface area contributed by atoms with Gasteiger partial charge in [-0.3, -0.25) is 14.5 Å². The van der Waals surface area contributed by atoms with Crippen molar-refractivity contribution in [2.45, 2.75) is 75.0 Å². The van der Waals surface area contributed by atoms with Gasteiger partial charge in [0.05, 0.1) is 0 Å². The summed E-state index contributed by atoms with van der Waals surface area (Å²) in [5.74, 6) is -0.449. The highest BCUT2D eigenvalue weighted by Gasteiger charge is 2.52. The summed E-state index contributed by atoms with van der Waals surface area (Å²) in [6.07, 6.45) is 7.49. The molecule has 3 N–H and O–H groups in total. The average molecular weight is 320 g/mol. The van der Waals surface area contributed by atoms with Crippen molar-refractivity contribution in [3.63, 3.8) is 0 Å². The zero-order valence-electron chi connectivity index (χ0n) is 13.3. The molecule has 23 heavy (non-hydrogen) atoms. The highest BCUT2D eigenvalue weighted by molar-refractivity contribution is 6.09. The van der Waals surface area contributed by atoms with E-state index in [0.717, 1.165) is 30.6 Å². The zero-order valence-corrected chi connectivity index (χ0v) is 13.3. The van der Waals surface area contributed by atoms with Crippen molar-refractivity contribution in [2.24, 2.45) is 0 Å². The lowest BCUT2D eigenvalue weighted by atomic mass is 9.98. The predicted octanol–water partition coefficient (Wildman–Crippen LogP) is 0.250. The van der Waals surface area contributed by atoms with Gasteiger partial charge >= 0.3 is 6.03 Å². The highest BCUT2D eigenvalue weighted by Crippen LogP contribution is 2.35. The van der Waals surface area contributed by atoms with E-state index in [-0.39, 0.29) is 24.4 Å². The minimum absolute atomic E-state index is 0.155. The van der Waals surface area contributed by atoms with E-state index in [4.69, 9.17) is 0 Å². The van der Waals surface area contributed by atoms with Gasteiger partial charge < -0.3 is 16.0 Å². The lowest BCUT2D eigenvalue weighted by Gasteiger charge is -2.30. The van der Waals surface area contributed by atoms with Crippen molar-refractivity contribution in [3.8, 4) is 0 Å². The lowest BCUT2D eigenvalue weighted by molar-refractivity contribution is -0.135. The molecule has 7 nitrogen and oxygen atoms in total. The van der Waals surface area contributed by atoms with Crippen molar-refractivity contribution < 1.29 is 14.4 Å². The van der Waals surface area contributed by atoms with Crippen LogP contribution in [0.4, 0.5) is 4.79 Å². The van der Waals surface area contributed by atoms with E-state index < -0.39 is 11.6 Å². The molecule has 126 valence electrons. The summed E-state index contributed by atoms with van der Waals surface area (Å²) in [5.41, 5.74) is -0.731. The van der Waals surface area contributed by atoms with Crippen molar-refractivity contribution in [2.75, 3.05) is 6.54 Å². The third-order valence-electron chi connectivity index (χ3n) is 5.84. The molecule has 2 bridgehead atoms. The lowest BCUT2D eigenvalue weighted by Crippen LogP contribution is -2.51. The Bertz CT molecular complexity index is 531. The standard InChI is InChI=1S/C16H24N4O3/c21-13(18-12-7-10-3-4-11(8-12)17-10)9-20-14(22)16(19-15(20)23)5-1-2-6-16/h10-12,17H,1-9H2,(H,18,21)(H,19,23). The van der Waals surface area contributed by atoms with Gasteiger partial charge in [0.15, 0.2) is 0 Å². The summed E-state index contributed by atoms with van der Waals surface area (Å²) in [7, 11) is 0. The number of urea groups is 1. The van der Waals surface area contributed by atoms with Crippen LogP contribution in [0.1, 0.15) is 51.4 Å². The van der Waals surface area contributed by atoms with Crippen molar-refractivity contribution >= 4 is 17.8 Å². The van der Waals surface area contributed by atoms with Gasteiger partial charge in [0.1, 0.15) is 12.1 Å². The molecule has 0 radical (unpaired) electrons. The Morgan fingerprint density at radius 1 is 1.17 bits per heavy atom. The molecular formula is C16H24N4O3. The van der Waals surface area contributed by atoms with Crippen molar-refractivity contribution in [1.29, 1.82) is 0 Å². The molecular weight excluding hydrogens is 296 g/mol. The molecule has 3 saturated heterocycles. The fourth-order valence-electron chi connectivity index (χ4n) is 4.73. The Hall–Kier alpha value is -1.63. The van der Waals surface area contributed by atoms with Gasteiger partial charge in [-0.2, -0.15) is 0 Å². The molecule has 4 rings (SSSR count). The molecule has 3 aliphatic heterocycles. The summed E-state index contributed by atoms with van der Waals surface area (Å²) < 4.78 is 0. The summed E-state index contributed by atoms with van der Waals surface area (Å²) in [5, 5.41) is 9.36. The van der Waals surface area contributed by atoms with Crippen LogP contribution in [0, 0.1) is 0 Å². The molecule has 2 atom stereocenters. The van der Waals surface area contributed by atoms with Gasteiger partial charge in [0.2, 0.25) is 5.91 Å². The normalized spacial score (nSPS) is 35.0. The third kappa shape index (κ3) is 2.60. The Labute approximate surface area is 135 Å². The second-order valence-electron chi connectivity index (χ2n) is 7.48. The first-order chi connectivity index (χ1) is 11.1. The number of hydrogen-bond acceptors (Lipinski definition) is 4. The Morgan fingerprint density at radius 3 is 2.48 bits per heavy atom. The number of hydrogen-bond donors (Lipinski definition) is 3. The van der Waals surface area contributed by atoms with Crippen LogP contribution in [0.15, 0.2) is 0 Å². The first-order valence-electron chi connectivity index (χ1n) is 8.75. The fraction of sp³-hybridized carbons (Fsp3) is 0.812. The second-order valence-corrected chi connectivity index (χ2v) is 7.48. The number of fused-ring (bicyclic) bond motifs is 2. The van der Waals surface area contributed by atoms with E-state index >= 15 is 0 Å². The number of carbonyl (C=O) groups excluding carboxylic acids is 3. The van der Waals surface area contributed by atoms with Crippen LogP contribution >= 0.6 is 0 Å². The molecule has 0 aromatic carbocycles. The van der Waals surface area contributed by atoms with Gasteiger partial charge in [0, 0.05) is 18.1 Å². The first kappa shape index (κ1) is 14.9. The maximum atomic E-state index is 12.5. The van der Waals surface area contributed by atoms with Gasteiger partial charge in [-0.15, -0.1) is 0 Å². The van der Waals surface area contributed by atoms with E-state index in [9.17, 15) is 14.4 Å². The molecule has 4 amide bonds. The van der Waals surface area contributed by atoms with Crippen LogP contribution < -0.4 is 16.0 Å². The molecule has 4 fully saturated rings. The summed E-state index contributed by atoms with van der Waals surface area (Å²) in [4.78, 5) is 38.0. The Morgan fingerprint density at radius 2 is 1.83 bits per heavy atom. The molecule has 4 aliphatic rings. The topological polar surface area (TPSA) is 90.5 Å². The number of nitrogens with one attached hydrogen (secondary N) is 3. The van der Waals surface area contributed by atoms with Crippen LogP contribution in [0.5, 0.6) is 0 Å². The van der Waals surface area contributed by atoms with Crippen molar-refractivity contribution in [1.82, 2.24) is 20.9 Å². The molecule has 1 spiro atoms. The maximum Gasteiger partial charge on any atom is 0.325 e. The van der Waals surface area contributed by atoms with E-state index in [0.29, 0.717) is 24.9 Å². The van der Waals surface area contributed by atoms with Gasteiger partial charge in [-0.1, -0.05) is 12.8 Å². The SMILES string of the molecule is O=C(CN1C(=O)NC2(CCCC2)C1=O)NC1CC2CCC(C1)N2. The first-order valence-corrected chi connectivity index (χ1v) is 8.75. The number of piperidine rings is 1. The molecule has 3 heterocycles. The fourth-order valence-corrected chi connectivity index (χ4v) is 4.73. The summed E-state index contributed by atoms with van der Waals surface area (Å²) in [6.45, 7) is -0.161. The van der Waals surface area contributed by atoms with Gasteiger partial charge in [-0.05, 0) is 38.5 Å².